The largest absolute Gasteiger partial charge is 0.497 e. The number of hydrazine groups is 1. The molecule has 0 aliphatic carbocycles. The molecule has 1 unspecified atom stereocenters. The molecule has 0 aliphatic rings. The van der Waals surface area contributed by atoms with Gasteiger partial charge in [0.25, 0.3) is 5.91 Å². The highest BCUT2D eigenvalue weighted by Crippen LogP contribution is 2.13. The number of carboxylic acid groups (broad SMARTS) is 1. The fourth-order valence-electron chi connectivity index (χ4n) is 2.10. The smallest absolute Gasteiger partial charge is 0.405 e. The van der Waals surface area contributed by atoms with Crippen molar-refractivity contribution in [1.82, 2.24) is 10.7 Å². The zero-order valence-electron chi connectivity index (χ0n) is 13.2. The highest BCUT2D eigenvalue weighted by atomic mass is 16.5. The first kappa shape index (κ1) is 17.1. The van der Waals surface area contributed by atoms with E-state index in [0.717, 1.165) is 5.56 Å². The number of hydrogen-bond donors (Lipinski definition) is 4. The topological polar surface area (TPSA) is 99.7 Å². The van der Waals surface area contributed by atoms with Gasteiger partial charge in [-0.15, -0.1) is 0 Å². The van der Waals surface area contributed by atoms with Crippen LogP contribution in [0.3, 0.4) is 0 Å². The van der Waals surface area contributed by atoms with E-state index in [0.29, 0.717) is 11.4 Å². The second kappa shape index (κ2) is 8.42. The third-order valence-corrected chi connectivity index (χ3v) is 3.32. The Bertz CT molecular complexity index is 674. The summed E-state index contributed by atoms with van der Waals surface area (Å²) in [5, 5.41) is 11.2. The van der Waals surface area contributed by atoms with E-state index in [-0.39, 0.29) is 6.42 Å². The van der Waals surface area contributed by atoms with Crippen LogP contribution in [-0.4, -0.2) is 30.3 Å². The summed E-state index contributed by atoms with van der Waals surface area (Å²) in [6, 6.07) is 15.2. The molecule has 2 amide bonds. The molecule has 24 heavy (non-hydrogen) atoms. The van der Waals surface area contributed by atoms with E-state index in [4.69, 9.17) is 9.84 Å². The Morgan fingerprint density at radius 1 is 1.08 bits per heavy atom. The van der Waals surface area contributed by atoms with Crippen LogP contribution in [0.4, 0.5) is 10.5 Å². The highest BCUT2D eigenvalue weighted by Gasteiger charge is 2.21. The normalized spacial score (nSPS) is 11.2. The summed E-state index contributed by atoms with van der Waals surface area (Å²) in [6.07, 6.45) is -1.04. The lowest BCUT2D eigenvalue weighted by molar-refractivity contribution is -0.122. The summed E-state index contributed by atoms with van der Waals surface area (Å²) >= 11 is 0. The number of rotatable bonds is 7. The van der Waals surface area contributed by atoms with Crippen molar-refractivity contribution in [2.24, 2.45) is 0 Å². The first-order valence-electron chi connectivity index (χ1n) is 7.32. The molecule has 0 aromatic heterocycles. The molecule has 0 saturated carbocycles. The number of anilines is 1. The predicted octanol–water partition coefficient (Wildman–Crippen LogP) is 2.02. The SMILES string of the molecule is COc1ccc(CC(NC(=O)O)C(=O)NNc2ccccc2)cc1. The molecule has 1 atom stereocenters. The Balaban J connectivity index is 2.00. The van der Waals surface area contributed by atoms with Gasteiger partial charge in [-0.05, 0) is 29.8 Å². The van der Waals surface area contributed by atoms with Gasteiger partial charge in [0.05, 0.1) is 12.8 Å². The van der Waals surface area contributed by atoms with Crippen molar-refractivity contribution >= 4 is 17.7 Å². The molecule has 0 radical (unpaired) electrons. The Hall–Kier alpha value is -3.22. The van der Waals surface area contributed by atoms with Crippen molar-refractivity contribution < 1.29 is 19.4 Å². The Morgan fingerprint density at radius 3 is 2.33 bits per heavy atom. The summed E-state index contributed by atoms with van der Waals surface area (Å²) in [4.78, 5) is 23.2. The molecule has 2 aromatic rings. The summed E-state index contributed by atoms with van der Waals surface area (Å²) in [5.41, 5.74) is 6.77. The van der Waals surface area contributed by atoms with Crippen molar-refractivity contribution in [3.63, 3.8) is 0 Å². The fraction of sp³-hybridized carbons (Fsp3) is 0.176. The fourth-order valence-corrected chi connectivity index (χ4v) is 2.10. The second-order valence-corrected chi connectivity index (χ2v) is 5.03. The summed E-state index contributed by atoms with van der Waals surface area (Å²) in [6.45, 7) is 0. The van der Waals surface area contributed by atoms with E-state index in [2.05, 4.69) is 16.2 Å². The predicted molar refractivity (Wildman–Crippen MR) is 89.9 cm³/mol. The number of methoxy groups -OCH3 is 1. The molecule has 0 aliphatic heterocycles. The number of nitrogens with one attached hydrogen (secondary N) is 3. The molecule has 0 heterocycles. The minimum absolute atomic E-state index is 0.221. The quantitative estimate of drug-likeness (QED) is 0.582. The lowest BCUT2D eigenvalue weighted by atomic mass is 10.1. The van der Waals surface area contributed by atoms with Gasteiger partial charge in [-0.3, -0.25) is 15.6 Å². The maximum Gasteiger partial charge on any atom is 0.405 e. The van der Waals surface area contributed by atoms with Crippen LogP contribution in [-0.2, 0) is 11.2 Å². The van der Waals surface area contributed by atoms with Crippen LogP contribution in [0.25, 0.3) is 0 Å². The van der Waals surface area contributed by atoms with Gasteiger partial charge in [-0.25, -0.2) is 4.79 Å². The number of hydrogen-bond acceptors (Lipinski definition) is 4. The molecule has 2 aromatic carbocycles. The molecule has 7 nitrogen and oxygen atoms in total. The van der Waals surface area contributed by atoms with E-state index in [1.165, 1.54) is 0 Å². The van der Waals surface area contributed by atoms with Crippen LogP contribution in [0.2, 0.25) is 0 Å². The number of benzene rings is 2. The van der Waals surface area contributed by atoms with Crippen LogP contribution in [0, 0.1) is 0 Å². The first-order chi connectivity index (χ1) is 11.6. The number of amides is 2. The highest BCUT2D eigenvalue weighted by molar-refractivity contribution is 5.86. The van der Waals surface area contributed by atoms with Crippen molar-refractivity contribution in [2.75, 3.05) is 12.5 Å². The van der Waals surface area contributed by atoms with Gasteiger partial charge in [0, 0.05) is 6.42 Å². The number of carbonyl (C=O) groups is 2. The summed E-state index contributed by atoms with van der Waals surface area (Å²) < 4.78 is 5.07. The van der Waals surface area contributed by atoms with E-state index < -0.39 is 18.0 Å². The van der Waals surface area contributed by atoms with Crippen molar-refractivity contribution in [3.8, 4) is 5.75 Å². The van der Waals surface area contributed by atoms with E-state index in [9.17, 15) is 9.59 Å². The maximum atomic E-state index is 12.3. The van der Waals surface area contributed by atoms with Gasteiger partial charge < -0.3 is 15.2 Å². The second-order valence-electron chi connectivity index (χ2n) is 5.03. The standard InChI is InChI=1S/C17H19N3O4/c1-24-14-9-7-12(8-10-14)11-15(18-17(22)23)16(21)20-19-13-5-3-2-4-6-13/h2-10,15,18-19H,11H2,1H3,(H,20,21)(H,22,23). The molecule has 2 rings (SSSR count). The summed E-state index contributed by atoms with van der Waals surface area (Å²) in [7, 11) is 1.56. The number of carbonyl (C=O) groups excluding carboxylic acids is 1. The Morgan fingerprint density at radius 2 is 1.75 bits per heavy atom. The van der Waals surface area contributed by atoms with Crippen LogP contribution in [0.1, 0.15) is 5.56 Å². The Labute approximate surface area is 139 Å². The number of para-hydroxylation sites is 1. The van der Waals surface area contributed by atoms with Crippen LogP contribution >= 0.6 is 0 Å². The zero-order chi connectivity index (χ0) is 17.4. The lowest BCUT2D eigenvalue weighted by Crippen LogP contribution is -2.49. The minimum atomic E-state index is -1.26. The third-order valence-electron chi connectivity index (χ3n) is 3.32. The first-order valence-corrected chi connectivity index (χ1v) is 7.32. The zero-order valence-corrected chi connectivity index (χ0v) is 13.2. The van der Waals surface area contributed by atoms with Crippen molar-refractivity contribution in [3.05, 3.63) is 60.2 Å². The molecule has 0 spiro atoms. The molecule has 0 saturated heterocycles. The minimum Gasteiger partial charge on any atom is -0.497 e. The van der Waals surface area contributed by atoms with E-state index in [1.54, 1.807) is 43.5 Å². The molecule has 126 valence electrons. The van der Waals surface area contributed by atoms with Crippen molar-refractivity contribution in [2.45, 2.75) is 12.5 Å². The van der Waals surface area contributed by atoms with Gasteiger partial charge in [-0.2, -0.15) is 0 Å². The van der Waals surface area contributed by atoms with Crippen LogP contribution < -0.4 is 20.9 Å². The molecule has 4 N–H and O–H groups in total. The van der Waals surface area contributed by atoms with Crippen LogP contribution in [0.5, 0.6) is 5.75 Å². The van der Waals surface area contributed by atoms with Gasteiger partial charge in [0.1, 0.15) is 11.8 Å². The van der Waals surface area contributed by atoms with Gasteiger partial charge in [0.2, 0.25) is 0 Å². The molecular weight excluding hydrogens is 310 g/mol. The molecule has 7 heteroatoms. The van der Waals surface area contributed by atoms with Gasteiger partial charge >= 0.3 is 6.09 Å². The maximum absolute atomic E-state index is 12.3. The molecular formula is C17H19N3O4. The average molecular weight is 329 g/mol. The third kappa shape index (κ3) is 5.20. The lowest BCUT2D eigenvalue weighted by Gasteiger charge is -2.18. The molecule has 0 bridgehead atoms. The van der Waals surface area contributed by atoms with E-state index in [1.807, 2.05) is 18.2 Å². The van der Waals surface area contributed by atoms with Gasteiger partial charge in [-0.1, -0.05) is 30.3 Å². The molecule has 0 fully saturated rings. The van der Waals surface area contributed by atoms with E-state index >= 15 is 0 Å². The Kier molecular flexibility index (Phi) is 6.01. The van der Waals surface area contributed by atoms with Crippen molar-refractivity contribution in [1.29, 1.82) is 0 Å². The average Bonchev–Trinajstić information content (AvgIpc) is 2.60. The van der Waals surface area contributed by atoms with Crippen LogP contribution in [0.15, 0.2) is 54.6 Å². The number of ether oxygens (including phenoxy) is 1. The van der Waals surface area contributed by atoms with Gasteiger partial charge in [0.15, 0.2) is 0 Å². The monoisotopic (exact) mass is 329 g/mol. The summed E-state index contributed by atoms with van der Waals surface area (Å²) in [5.74, 6) is 0.216.